The van der Waals surface area contributed by atoms with Crippen LogP contribution < -0.4 is 15.4 Å². The van der Waals surface area contributed by atoms with E-state index in [9.17, 15) is 4.79 Å². The van der Waals surface area contributed by atoms with E-state index >= 15 is 0 Å². The zero-order chi connectivity index (χ0) is 14.5. The fourth-order valence-corrected chi connectivity index (χ4v) is 2.34. The molecule has 1 aliphatic heterocycles. The van der Waals surface area contributed by atoms with Crippen molar-refractivity contribution >= 4 is 11.6 Å². The number of aryl methyl sites for hydroxylation is 1. The number of rotatable bonds is 5. The topological polar surface area (TPSA) is 59.6 Å². The summed E-state index contributed by atoms with van der Waals surface area (Å²) in [7, 11) is 1.67. The maximum Gasteiger partial charge on any atom is 0.241 e. The number of carbonyl (C=O) groups excluding carboxylic acids is 1. The van der Waals surface area contributed by atoms with Gasteiger partial charge in [0.15, 0.2) is 0 Å². The number of ether oxygens (including phenoxy) is 2. The molecule has 1 fully saturated rings. The lowest BCUT2D eigenvalue weighted by molar-refractivity contribution is -0.118. The van der Waals surface area contributed by atoms with Crippen LogP contribution in [0.2, 0.25) is 0 Å². The van der Waals surface area contributed by atoms with Crippen molar-refractivity contribution in [3.63, 3.8) is 0 Å². The number of amides is 1. The van der Waals surface area contributed by atoms with Gasteiger partial charge in [0.2, 0.25) is 5.91 Å². The van der Waals surface area contributed by atoms with Gasteiger partial charge in [-0.1, -0.05) is 0 Å². The molecular weight excluding hydrogens is 256 g/mol. The normalized spacial score (nSPS) is 21.8. The quantitative estimate of drug-likeness (QED) is 0.861. The Hall–Kier alpha value is -1.59. The number of carbonyl (C=O) groups is 1. The Kier molecular flexibility index (Phi) is 4.98. The van der Waals surface area contributed by atoms with Gasteiger partial charge in [0.1, 0.15) is 5.75 Å². The predicted molar refractivity (Wildman–Crippen MR) is 78.2 cm³/mol. The first-order valence-corrected chi connectivity index (χ1v) is 6.94. The molecule has 2 N–H and O–H groups in total. The lowest BCUT2D eigenvalue weighted by Crippen LogP contribution is -2.35. The van der Waals surface area contributed by atoms with Gasteiger partial charge in [0.25, 0.3) is 0 Å². The third-order valence-electron chi connectivity index (χ3n) is 3.51. The van der Waals surface area contributed by atoms with Crippen LogP contribution in [-0.4, -0.2) is 38.3 Å². The van der Waals surface area contributed by atoms with Crippen molar-refractivity contribution in [3.8, 4) is 5.75 Å². The Morgan fingerprint density at radius 3 is 2.90 bits per heavy atom. The van der Waals surface area contributed by atoms with Crippen molar-refractivity contribution in [3.05, 3.63) is 23.8 Å². The first-order valence-electron chi connectivity index (χ1n) is 6.94. The van der Waals surface area contributed by atoms with Gasteiger partial charge in [-0.05, 0) is 44.0 Å². The van der Waals surface area contributed by atoms with E-state index in [1.54, 1.807) is 7.11 Å². The lowest BCUT2D eigenvalue weighted by Gasteiger charge is -2.14. The standard InChI is InChI=1S/C15H22N2O3/c1-4-20-11-5-6-13(10(2)7-11)17-15(18)14-8-12(19-3)9-16-14/h5-7,12,14,16H,4,8-9H2,1-3H3,(H,17,18). The molecule has 0 saturated carbocycles. The number of anilines is 1. The summed E-state index contributed by atoms with van der Waals surface area (Å²) >= 11 is 0. The van der Waals surface area contributed by atoms with Crippen molar-refractivity contribution in [2.75, 3.05) is 25.6 Å². The highest BCUT2D eigenvalue weighted by molar-refractivity contribution is 5.95. The molecule has 2 unspecified atom stereocenters. The Morgan fingerprint density at radius 2 is 2.30 bits per heavy atom. The second-order valence-electron chi connectivity index (χ2n) is 4.95. The number of benzene rings is 1. The Morgan fingerprint density at radius 1 is 1.50 bits per heavy atom. The third kappa shape index (κ3) is 3.49. The minimum atomic E-state index is -0.189. The molecule has 2 atom stereocenters. The Labute approximate surface area is 119 Å². The van der Waals surface area contributed by atoms with Crippen molar-refractivity contribution < 1.29 is 14.3 Å². The molecule has 5 heteroatoms. The van der Waals surface area contributed by atoms with Crippen LogP contribution in [0, 0.1) is 6.92 Å². The average Bonchev–Trinajstić information content (AvgIpc) is 2.91. The molecule has 1 saturated heterocycles. The maximum atomic E-state index is 12.2. The fraction of sp³-hybridized carbons (Fsp3) is 0.533. The molecule has 0 spiro atoms. The molecule has 0 aromatic heterocycles. The zero-order valence-electron chi connectivity index (χ0n) is 12.2. The van der Waals surface area contributed by atoms with Gasteiger partial charge in [-0.2, -0.15) is 0 Å². The van der Waals surface area contributed by atoms with Crippen LogP contribution in [0.1, 0.15) is 18.9 Å². The Bertz CT molecular complexity index is 476. The van der Waals surface area contributed by atoms with Crippen LogP contribution in [0.15, 0.2) is 18.2 Å². The van der Waals surface area contributed by atoms with Gasteiger partial charge in [-0.15, -0.1) is 0 Å². The van der Waals surface area contributed by atoms with E-state index in [1.807, 2.05) is 32.0 Å². The first-order chi connectivity index (χ1) is 9.63. The molecule has 0 radical (unpaired) electrons. The monoisotopic (exact) mass is 278 g/mol. The summed E-state index contributed by atoms with van der Waals surface area (Å²) in [6.45, 7) is 5.26. The van der Waals surface area contributed by atoms with Gasteiger partial charge in [-0.25, -0.2) is 0 Å². The summed E-state index contributed by atoms with van der Waals surface area (Å²) in [5.41, 5.74) is 1.81. The number of nitrogens with one attached hydrogen (secondary N) is 2. The predicted octanol–water partition coefficient (Wildman–Crippen LogP) is 1.71. The van der Waals surface area contributed by atoms with Gasteiger partial charge in [-0.3, -0.25) is 4.79 Å². The largest absolute Gasteiger partial charge is 0.494 e. The summed E-state index contributed by atoms with van der Waals surface area (Å²) in [4.78, 5) is 12.2. The van der Waals surface area contributed by atoms with E-state index in [-0.39, 0.29) is 18.1 Å². The molecule has 1 aromatic carbocycles. The molecule has 20 heavy (non-hydrogen) atoms. The molecule has 1 amide bonds. The van der Waals surface area contributed by atoms with E-state index < -0.39 is 0 Å². The zero-order valence-corrected chi connectivity index (χ0v) is 12.2. The summed E-state index contributed by atoms with van der Waals surface area (Å²) in [5.74, 6) is 0.804. The minimum Gasteiger partial charge on any atom is -0.494 e. The molecule has 1 heterocycles. The summed E-state index contributed by atoms with van der Waals surface area (Å²) in [6, 6.07) is 5.48. The van der Waals surface area contributed by atoms with Crippen LogP contribution in [0.4, 0.5) is 5.69 Å². The van der Waals surface area contributed by atoms with Gasteiger partial charge in [0.05, 0.1) is 18.8 Å². The Balaban J connectivity index is 1.97. The number of hydrogen-bond acceptors (Lipinski definition) is 4. The molecular formula is C15H22N2O3. The van der Waals surface area contributed by atoms with Crippen molar-refractivity contribution in [2.24, 2.45) is 0 Å². The molecule has 110 valence electrons. The smallest absolute Gasteiger partial charge is 0.241 e. The first kappa shape index (κ1) is 14.8. The van der Waals surface area contributed by atoms with E-state index in [4.69, 9.17) is 9.47 Å². The van der Waals surface area contributed by atoms with Crippen LogP contribution in [0.5, 0.6) is 5.75 Å². The van der Waals surface area contributed by atoms with Crippen molar-refractivity contribution in [1.29, 1.82) is 0 Å². The van der Waals surface area contributed by atoms with Crippen LogP contribution in [0.3, 0.4) is 0 Å². The second kappa shape index (κ2) is 6.72. The highest BCUT2D eigenvalue weighted by Crippen LogP contribution is 2.22. The van der Waals surface area contributed by atoms with Gasteiger partial charge < -0.3 is 20.1 Å². The van der Waals surface area contributed by atoms with Crippen LogP contribution in [-0.2, 0) is 9.53 Å². The summed E-state index contributed by atoms with van der Waals surface area (Å²) < 4.78 is 10.7. The molecule has 1 aliphatic rings. The minimum absolute atomic E-state index is 0.0168. The fourth-order valence-electron chi connectivity index (χ4n) is 2.34. The number of hydrogen-bond donors (Lipinski definition) is 2. The highest BCUT2D eigenvalue weighted by Gasteiger charge is 2.29. The molecule has 0 bridgehead atoms. The van der Waals surface area contributed by atoms with E-state index in [0.717, 1.165) is 23.5 Å². The van der Waals surface area contributed by atoms with E-state index in [2.05, 4.69) is 10.6 Å². The SMILES string of the molecule is CCOc1ccc(NC(=O)C2CC(OC)CN2)c(C)c1. The average molecular weight is 278 g/mol. The molecule has 2 rings (SSSR count). The number of methoxy groups -OCH3 is 1. The van der Waals surface area contributed by atoms with Crippen LogP contribution in [0.25, 0.3) is 0 Å². The van der Waals surface area contributed by atoms with Gasteiger partial charge in [0, 0.05) is 19.3 Å². The second-order valence-corrected chi connectivity index (χ2v) is 4.95. The third-order valence-corrected chi connectivity index (χ3v) is 3.51. The van der Waals surface area contributed by atoms with E-state index in [1.165, 1.54) is 0 Å². The van der Waals surface area contributed by atoms with Crippen molar-refractivity contribution in [2.45, 2.75) is 32.4 Å². The van der Waals surface area contributed by atoms with Crippen LogP contribution >= 0.6 is 0 Å². The lowest BCUT2D eigenvalue weighted by atomic mass is 10.1. The molecule has 0 aliphatic carbocycles. The van der Waals surface area contributed by atoms with Gasteiger partial charge >= 0.3 is 0 Å². The summed E-state index contributed by atoms with van der Waals surface area (Å²) in [5, 5.41) is 6.12. The van der Waals surface area contributed by atoms with Crippen molar-refractivity contribution in [1.82, 2.24) is 5.32 Å². The molecule has 1 aromatic rings. The summed E-state index contributed by atoms with van der Waals surface area (Å²) in [6.07, 6.45) is 0.825. The maximum absolute atomic E-state index is 12.2. The van der Waals surface area contributed by atoms with E-state index in [0.29, 0.717) is 13.0 Å². The molecule has 5 nitrogen and oxygen atoms in total. The highest BCUT2D eigenvalue weighted by atomic mass is 16.5.